The molecule has 0 radical (unpaired) electrons. The average Bonchev–Trinajstić information content (AvgIpc) is 3.60. The summed E-state index contributed by atoms with van der Waals surface area (Å²) in [5, 5.41) is 4.15. The Labute approximate surface area is 205 Å². The second-order valence-corrected chi connectivity index (χ2v) is 9.60. The lowest BCUT2D eigenvalue weighted by molar-refractivity contribution is -0.137. The summed E-state index contributed by atoms with van der Waals surface area (Å²) in [5.74, 6) is 0.0614. The third kappa shape index (κ3) is 4.79. The number of imide groups is 1. The lowest BCUT2D eigenvalue weighted by Gasteiger charge is -2.34. The van der Waals surface area contributed by atoms with Gasteiger partial charge in [-0.3, -0.25) is 19.3 Å². The van der Waals surface area contributed by atoms with Crippen molar-refractivity contribution in [3.05, 3.63) is 41.9 Å². The van der Waals surface area contributed by atoms with Crippen molar-refractivity contribution < 1.29 is 23.9 Å². The predicted octanol–water partition coefficient (Wildman–Crippen LogP) is 3.51. The monoisotopic (exact) mass is 494 g/mol. The van der Waals surface area contributed by atoms with Crippen LogP contribution >= 0.6 is 11.3 Å². The standard InChI is InChI=1S/C25H26N4O5S/c30-21(4-2-1-3-10-29-22(31)5-6-23(29)32)27-11-13-28(14-12-27)25(33)34-20-16-19-17(7-9-26-19)18-8-15-35-24(18)20/h5-9,15-16,26H,1-4,10-14H2. The molecule has 182 valence electrons. The molecule has 0 saturated carbocycles. The number of aromatic amines is 1. The van der Waals surface area contributed by atoms with Gasteiger partial charge in [-0.2, -0.15) is 0 Å². The van der Waals surface area contributed by atoms with Crippen LogP contribution in [0.15, 0.2) is 41.9 Å². The predicted molar refractivity (Wildman–Crippen MR) is 132 cm³/mol. The molecule has 2 aliphatic rings. The maximum atomic E-state index is 12.8. The van der Waals surface area contributed by atoms with Gasteiger partial charge in [0, 0.05) is 79.8 Å². The number of H-pyrrole nitrogens is 1. The number of hydrogen-bond acceptors (Lipinski definition) is 6. The fourth-order valence-corrected chi connectivity index (χ4v) is 5.41. The number of ether oxygens (including phenoxy) is 1. The van der Waals surface area contributed by atoms with Gasteiger partial charge in [-0.15, -0.1) is 11.3 Å². The normalized spacial score (nSPS) is 16.2. The van der Waals surface area contributed by atoms with Crippen LogP contribution in [0.25, 0.3) is 21.0 Å². The smallest absolute Gasteiger partial charge is 0.409 e. The second-order valence-electron chi connectivity index (χ2n) is 8.68. The number of rotatable bonds is 7. The van der Waals surface area contributed by atoms with Crippen molar-refractivity contribution in [2.24, 2.45) is 0 Å². The molecule has 3 aromatic rings. The van der Waals surface area contributed by atoms with Crippen LogP contribution in [0.5, 0.6) is 5.75 Å². The molecular formula is C25H26N4O5S. The minimum atomic E-state index is -0.404. The maximum Gasteiger partial charge on any atom is 0.415 e. The summed E-state index contributed by atoms with van der Waals surface area (Å²) in [6.45, 7) is 2.18. The number of carbonyl (C=O) groups is 4. The Hall–Kier alpha value is -3.66. The van der Waals surface area contributed by atoms with Gasteiger partial charge in [-0.1, -0.05) is 6.42 Å². The van der Waals surface area contributed by atoms with Gasteiger partial charge in [0.1, 0.15) is 0 Å². The molecule has 1 fully saturated rings. The Morgan fingerprint density at radius 3 is 2.46 bits per heavy atom. The zero-order valence-electron chi connectivity index (χ0n) is 19.2. The topological polar surface area (TPSA) is 103 Å². The van der Waals surface area contributed by atoms with Crippen molar-refractivity contribution in [1.29, 1.82) is 0 Å². The van der Waals surface area contributed by atoms with Crippen molar-refractivity contribution >= 4 is 56.1 Å². The molecule has 9 nitrogen and oxygen atoms in total. The number of fused-ring (bicyclic) bond motifs is 3. The van der Waals surface area contributed by atoms with Crippen LogP contribution in [0.4, 0.5) is 4.79 Å². The van der Waals surface area contributed by atoms with Gasteiger partial charge in [-0.05, 0) is 30.4 Å². The van der Waals surface area contributed by atoms with Crippen molar-refractivity contribution in [1.82, 2.24) is 19.7 Å². The van der Waals surface area contributed by atoms with Gasteiger partial charge in [0.05, 0.1) is 4.70 Å². The molecule has 4 amide bonds. The van der Waals surface area contributed by atoms with E-state index in [2.05, 4.69) is 4.98 Å². The number of nitrogens with one attached hydrogen (secondary N) is 1. The molecule has 2 aromatic heterocycles. The number of nitrogens with zero attached hydrogens (tertiary/aromatic N) is 3. The molecule has 0 atom stereocenters. The van der Waals surface area contributed by atoms with E-state index in [-0.39, 0.29) is 17.7 Å². The van der Waals surface area contributed by atoms with Crippen LogP contribution in [0, 0.1) is 0 Å². The number of hydrogen-bond donors (Lipinski definition) is 1. The molecule has 2 aliphatic heterocycles. The van der Waals surface area contributed by atoms with Gasteiger partial charge in [0.25, 0.3) is 11.8 Å². The van der Waals surface area contributed by atoms with Crippen molar-refractivity contribution in [3.63, 3.8) is 0 Å². The van der Waals surface area contributed by atoms with Crippen molar-refractivity contribution in [2.45, 2.75) is 25.7 Å². The number of thiophene rings is 1. The molecule has 0 bridgehead atoms. The van der Waals surface area contributed by atoms with E-state index in [0.29, 0.717) is 57.7 Å². The molecule has 1 saturated heterocycles. The SMILES string of the molecule is O=C(CCCCCN1C(=O)C=CC1=O)N1CCN(C(=O)Oc2cc3[nH]ccc3c3ccsc23)CC1. The summed E-state index contributed by atoms with van der Waals surface area (Å²) < 4.78 is 6.70. The Morgan fingerprint density at radius 1 is 0.943 bits per heavy atom. The first-order chi connectivity index (χ1) is 17.0. The van der Waals surface area contributed by atoms with Crippen molar-refractivity contribution in [2.75, 3.05) is 32.7 Å². The highest BCUT2D eigenvalue weighted by Crippen LogP contribution is 2.37. The van der Waals surface area contributed by atoms with Crippen LogP contribution in [-0.2, 0) is 14.4 Å². The van der Waals surface area contributed by atoms with E-state index in [1.165, 1.54) is 17.1 Å². The summed E-state index contributed by atoms with van der Waals surface area (Å²) in [5.41, 5.74) is 0.921. The summed E-state index contributed by atoms with van der Waals surface area (Å²) in [7, 11) is 0. The van der Waals surface area contributed by atoms with E-state index in [1.807, 2.05) is 29.8 Å². The molecular weight excluding hydrogens is 468 g/mol. The largest absolute Gasteiger partial charge is 0.415 e. The third-order valence-corrected chi connectivity index (χ3v) is 7.42. The second kappa shape index (κ2) is 9.91. The fraction of sp³-hybridized carbons (Fsp3) is 0.360. The number of amides is 4. The first-order valence-corrected chi connectivity index (χ1v) is 12.6. The number of benzene rings is 1. The summed E-state index contributed by atoms with van der Waals surface area (Å²) >= 11 is 1.54. The molecule has 5 rings (SSSR count). The molecule has 1 N–H and O–H groups in total. The first-order valence-electron chi connectivity index (χ1n) is 11.8. The Bertz CT molecular complexity index is 1300. The molecule has 4 heterocycles. The quantitative estimate of drug-likeness (QED) is 0.400. The maximum absolute atomic E-state index is 12.8. The van der Waals surface area contributed by atoms with Crippen LogP contribution in [0.3, 0.4) is 0 Å². The Kier molecular flexibility index (Phi) is 6.54. The summed E-state index contributed by atoms with van der Waals surface area (Å²) in [4.78, 5) is 56.3. The minimum absolute atomic E-state index is 0.0606. The van der Waals surface area contributed by atoms with Crippen LogP contribution in [0.2, 0.25) is 0 Å². The van der Waals surface area contributed by atoms with E-state index in [9.17, 15) is 19.2 Å². The molecule has 10 heteroatoms. The zero-order valence-corrected chi connectivity index (χ0v) is 20.0. The van der Waals surface area contributed by atoms with E-state index in [0.717, 1.165) is 27.4 Å². The van der Waals surface area contributed by atoms with E-state index >= 15 is 0 Å². The molecule has 0 aliphatic carbocycles. The van der Waals surface area contributed by atoms with Crippen LogP contribution < -0.4 is 4.74 Å². The van der Waals surface area contributed by atoms with Gasteiger partial charge in [-0.25, -0.2) is 4.79 Å². The van der Waals surface area contributed by atoms with E-state index in [4.69, 9.17) is 4.74 Å². The average molecular weight is 495 g/mol. The first kappa shape index (κ1) is 23.1. The third-order valence-electron chi connectivity index (χ3n) is 6.49. The highest BCUT2D eigenvalue weighted by Gasteiger charge is 2.26. The van der Waals surface area contributed by atoms with E-state index < -0.39 is 6.09 Å². The van der Waals surface area contributed by atoms with Crippen LogP contribution in [0.1, 0.15) is 25.7 Å². The molecule has 0 unspecified atom stereocenters. The minimum Gasteiger partial charge on any atom is -0.409 e. The van der Waals surface area contributed by atoms with Gasteiger partial charge >= 0.3 is 6.09 Å². The van der Waals surface area contributed by atoms with Crippen molar-refractivity contribution in [3.8, 4) is 5.75 Å². The zero-order chi connectivity index (χ0) is 24.4. The number of aromatic nitrogens is 1. The summed E-state index contributed by atoms with van der Waals surface area (Å²) in [6.07, 6.45) is 6.58. The highest BCUT2D eigenvalue weighted by molar-refractivity contribution is 7.17. The lowest BCUT2D eigenvalue weighted by Crippen LogP contribution is -2.51. The Morgan fingerprint density at radius 2 is 1.69 bits per heavy atom. The number of carbonyl (C=O) groups excluding carboxylic acids is 4. The molecule has 35 heavy (non-hydrogen) atoms. The molecule has 0 spiro atoms. The fourth-order valence-electron chi connectivity index (χ4n) is 4.55. The number of unbranched alkanes of at least 4 members (excludes halogenated alkanes) is 2. The highest BCUT2D eigenvalue weighted by atomic mass is 32.1. The lowest BCUT2D eigenvalue weighted by atomic mass is 10.1. The Balaban J connectivity index is 1.06. The van der Waals surface area contributed by atoms with E-state index in [1.54, 1.807) is 21.1 Å². The summed E-state index contributed by atoms with van der Waals surface area (Å²) in [6, 6.07) is 5.90. The number of piperazine rings is 1. The van der Waals surface area contributed by atoms with Gasteiger partial charge < -0.3 is 19.5 Å². The van der Waals surface area contributed by atoms with Crippen LogP contribution in [-0.4, -0.2) is 76.2 Å². The van der Waals surface area contributed by atoms with Gasteiger partial charge in [0.15, 0.2) is 5.75 Å². The van der Waals surface area contributed by atoms with Gasteiger partial charge in [0.2, 0.25) is 5.91 Å². The molecule has 1 aromatic carbocycles.